The molecule has 0 bridgehead atoms. The van der Waals surface area contributed by atoms with E-state index in [1.54, 1.807) is 0 Å². The summed E-state index contributed by atoms with van der Waals surface area (Å²) in [5, 5.41) is 23.0. The van der Waals surface area contributed by atoms with E-state index in [1.807, 2.05) is 0 Å². The predicted molar refractivity (Wildman–Crippen MR) is 56.3 cm³/mol. The number of benzene rings is 1. The van der Waals surface area contributed by atoms with Gasteiger partial charge in [0.2, 0.25) is 5.75 Å². The van der Waals surface area contributed by atoms with Crippen LogP contribution in [0, 0.1) is 15.9 Å². The van der Waals surface area contributed by atoms with Crippen molar-refractivity contribution < 1.29 is 19.2 Å². The maximum absolute atomic E-state index is 13.5. The van der Waals surface area contributed by atoms with E-state index in [2.05, 4.69) is 5.32 Å². The topological polar surface area (TPSA) is 84.6 Å². The normalized spacial score (nSPS) is 23.6. The molecule has 0 aromatic heterocycles. The van der Waals surface area contributed by atoms with Gasteiger partial charge in [0, 0.05) is 19.2 Å². The van der Waals surface area contributed by atoms with Gasteiger partial charge in [0.15, 0.2) is 5.82 Å². The summed E-state index contributed by atoms with van der Waals surface area (Å²) < 4.78 is 18.6. The number of hydrogen-bond acceptors (Lipinski definition) is 5. The first kappa shape index (κ1) is 11.7. The molecule has 1 saturated heterocycles. The zero-order valence-electron chi connectivity index (χ0n) is 8.80. The SMILES string of the molecule is O=[N+]([O-])c1cccc(F)c1OC1CNCC1O. The molecule has 17 heavy (non-hydrogen) atoms. The Bertz CT molecular complexity index is 440. The molecule has 1 heterocycles. The molecule has 1 aromatic rings. The molecule has 0 amide bonds. The first-order chi connectivity index (χ1) is 8.09. The monoisotopic (exact) mass is 242 g/mol. The molecule has 2 atom stereocenters. The molecule has 92 valence electrons. The van der Waals surface area contributed by atoms with Gasteiger partial charge in [-0.05, 0) is 6.07 Å². The van der Waals surface area contributed by atoms with Gasteiger partial charge in [0.1, 0.15) is 12.2 Å². The molecule has 7 heteroatoms. The van der Waals surface area contributed by atoms with Gasteiger partial charge < -0.3 is 15.2 Å². The zero-order valence-corrected chi connectivity index (χ0v) is 8.80. The number of para-hydroxylation sites is 1. The lowest BCUT2D eigenvalue weighted by Crippen LogP contribution is -2.30. The number of β-amino-alcohol motifs (C(OH)–C–C–N with tert-alkyl or cyclic N) is 1. The second-order valence-electron chi connectivity index (χ2n) is 3.73. The van der Waals surface area contributed by atoms with Crippen LogP contribution in [0.5, 0.6) is 5.75 Å². The summed E-state index contributed by atoms with van der Waals surface area (Å²) in [6, 6.07) is 3.48. The summed E-state index contributed by atoms with van der Waals surface area (Å²) in [6.07, 6.45) is -1.47. The Morgan fingerprint density at radius 2 is 2.29 bits per heavy atom. The van der Waals surface area contributed by atoms with Gasteiger partial charge in [-0.3, -0.25) is 10.1 Å². The van der Waals surface area contributed by atoms with Crippen molar-refractivity contribution in [3.63, 3.8) is 0 Å². The van der Waals surface area contributed by atoms with Crippen LogP contribution in [0.25, 0.3) is 0 Å². The van der Waals surface area contributed by atoms with E-state index in [-0.39, 0.29) is 0 Å². The van der Waals surface area contributed by atoms with Gasteiger partial charge in [-0.2, -0.15) is 0 Å². The van der Waals surface area contributed by atoms with Crippen LogP contribution in [0.3, 0.4) is 0 Å². The molecule has 6 nitrogen and oxygen atoms in total. The second kappa shape index (κ2) is 4.64. The number of nitro benzene ring substituents is 1. The summed E-state index contributed by atoms with van der Waals surface area (Å²) in [4.78, 5) is 9.99. The van der Waals surface area contributed by atoms with E-state index in [0.29, 0.717) is 13.1 Å². The van der Waals surface area contributed by atoms with Crippen molar-refractivity contribution in [3.05, 3.63) is 34.1 Å². The van der Waals surface area contributed by atoms with E-state index < -0.39 is 34.4 Å². The van der Waals surface area contributed by atoms with Crippen LogP contribution in [0.1, 0.15) is 0 Å². The minimum atomic E-state index is -0.807. The summed E-state index contributed by atoms with van der Waals surface area (Å²) in [7, 11) is 0. The third-order valence-corrected chi connectivity index (χ3v) is 2.54. The predicted octanol–water partition coefficient (Wildman–Crippen LogP) is 0.445. The van der Waals surface area contributed by atoms with Crippen molar-refractivity contribution in [1.82, 2.24) is 5.32 Å². The van der Waals surface area contributed by atoms with Crippen molar-refractivity contribution in [3.8, 4) is 5.75 Å². The molecular formula is C10H11FN2O4. The minimum Gasteiger partial charge on any atom is -0.477 e. The largest absolute Gasteiger partial charge is 0.477 e. The molecule has 2 rings (SSSR count). The van der Waals surface area contributed by atoms with Crippen LogP contribution in [-0.2, 0) is 0 Å². The highest BCUT2D eigenvalue weighted by Crippen LogP contribution is 2.31. The lowest BCUT2D eigenvalue weighted by atomic mass is 10.2. The molecule has 0 radical (unpaired) electrons. The lowest BCUT2D eigenvalue weighted by molar-refractivity contribution is -0.386. The van der Waals surface area contributed by atoms with Crippen molar-refractivity contribution in [1.29, 1.82) is 0 Å². The Labute approximate surface area is 96.2 Å². The average Bonchev–Trinajstić information content (AvgIpc) is 2.67. The Morgan fingerprint density at radius 1 is 1.53 bits per heavy atom. The molecule has 0 spiro atoms. The Hall–Kier alpha value is -1.73. The van der Waals surface area contributed by atoms with E-state index in [0.717, 1.165) is 12.1 Å². The molecule has 2 unspecified atom stereocenters. The molecule has 1 aromatic carbocycles. The summed E-state index contributed by atoms with van der Waals surface area (Å²) in [5.41, 5.74) is -0.441. The number of ether oxygens (including phenoxy) is 1. The van der Waals surface area contributed by atoms with E-state index in [1.165, 1.54) is 6.07 Å². The smallest absolute Gasteiger partial charge is 0.314 e. The highest BCUT2D eigenvalue weighted by atomic mass is 19.1. The fraction of sp³-hybridized carbons (Fsp3) is 0.400. The van der Waals surface area contributed by atoms with Crippen LogP contribution in [0.2, 0.25) is 0 Å². The van der Waals surface area contributed by atoms with Gasteiger partial charge in [0.25, 0.3) is 0 Å². The van der Waals surface area contributed by atoms with Crippen LogP contribution in [0.15, 0.2) is 18.2 Å². The van der Waals surface area contributed by atoms with Gasteiger partial charge in [-0.1, -0.05) is 6.07 Å². The first-order valence-electron chi connectivity index (χ1n) is 5.08. The number of halogens is 1. The maximum atomic E-state index is 13.5. The van der Waals surface area contributed by atoms with Crippen LogP contribution >= 0.6 is 0 Å². The van der Waals surface area contributed by atoms with E-state index in [9.17, 15) is 19.6 Å². The number of hydrogen-bond donors (Lipinski definition) is 2. The highest BCUT2D eigenvalue weighted by Gasteiger charge is 2.30. The number of aliphatic hydroxyl groups is 1. The molecule has 1 aliphatic rings. The van der Waals surface area contributed by atoms with Crippen LogP contribution in [0.4, 0.5) is 10.1 Å². The Kier molecular flexibility index (Phi) is 3.21. The third kappa shape index (κ3) is 2.34. The van der Waals surface area contributed by atoms with E-state index in [4.69, 9.17) is 4.74 Å². The number of nitrogens with zero attached hydrogens (tertiary/aromatic N) is 1. The molecular weight excluding hydrogens is 231 g/mol. The highest BCUT2D eigenvalue weighted by molar-refractivity contribution is 5.47. The zero-order chi connectivity index (χ0) is 12.4. The number of nitrogens with one attached hydrogen (secondary N) is 1. The van der Waals surface area contributed by atoms with Crippen molar-refractivity contribution in [2.45, 2.75) is 12.2 Å². The van der Waals surface area contributed by atoms with Gasteiger partial charge >= 0.3 is 5.69 Å². The number of aliphatic hydroxyl groups excluding tert-OH is 1. The Morgan fingerprint density at radius 3 is 2.88 bits per heavy atom. The molecule has 0 saturated carbocycles. The minimum absolute atomic E-state index is 0.326. The standard InChI is InChI=1S/C10H11FN2O4/c11-6-2-1-3-7(13(15)16)10(6)17-9-5-12-4-8(9)14/h1-3,8-9,12,14H,4-5H2. The third-order valence-electron chi connectivity index (χ3n) is 2.54. The summed E-state index contributed by atoms with van der Waals surface area (Å²) in [6.45, 7) is 0.652. The number of rotatable bonds is 3. The maximum Gasteiger partial charge on any atom is 0.314 e. The number of nitro groups is 1. The molecule has 1 fully saturated rings. The fourth-order valence-corrected chi connectivity index (χ4v) is 1.67. The summed E-state index contributed by atoms with van der Waals surface area (Å²) in [5.74, 6) is -1.23. The van der Waals surface area contributed by atoms with Gasteiger partial charge in [-0.25, -0.2) is 4.39 Å². The van der Waals surface area contributed by atoms with Crippen LogP contribution in [-0.4, -0.2) is 35.3 Å². The molecule has 0 aliphatic carbocycles. The van der Waals surface area contributed by atoms with Crippen molar-refractivity contribution in [2.75, 3.05) is 13.1 Å². The Balaban J connectivity index is 2.27. The van der Waals surface area contributed by atoms with Gasteiger partial charge in [-0.15, -0.1) is 0 Å². The molecule has 1 aliphatic heterocycles. The van der Waals surface area contributed by atoms with E-state index >= 15 is 0 Å². The summed E-state index contributed by atoms with van der Waals surface area (Å²) >= 11 is 0. The lowest BCUT2D eigenvalue weighted by Gasteiger charge is -2.16. The molecule has 2 N–H and O–H groups in total. The average molecular weight is 242 g/mol. The van der Waals surface area contributed by atoms with Crippen LogP contribution < -0.4 is 10.1 Å². The first-order valence-corrected chi connectivity index (χ1v) is 5.08. The fourth-order valence-electron chi connectivity index (χ4n) is 1.67. The second-order valence-corrected chi connectivity index (χ2v) is 3.73. The van der Waals surface area contributed by atoms with Gasteiger partial charge in [0.05, 0.1) is 4.92 Å². The van der Waals surface area contributed by atoms with Crippen molar-refractivity contribution >= 4 is 5.69 Å². The van der Waals surface area contributed by atoms with Crippen molar-refractivity contribution in [2.24, 2.45) is 0 Å². The quantitative estimate of drug-likeness (QED) is 0.593.